The molecule has 116 valence electrons. The molecule has 0 radical (unpaired) electrons. The zero-order valence-electron chi connectivity index (χ0n) is 12.2. The fraction of sp³-hybridized carbons (Fsp3) is 0.357. The molecular weight excluding hydrogens is 302 g/mol. The van der Waals surface area contributed by atoms with Crippen molar-refractivity contribution in [3.63, 3.8) is 0 Å². The van der Waals surface area contributed by atoms with E-state index in [4.69, 9.17) is 0 Å². The van der Waals surface area contributed by atoms with Crippen LogP contribution < -0.4 is 10.6 Å². The fourth-order valence-electron chi connectivity index (χ4n) is 1.65. The van der Waals surface area contributed by atoms with Crippen LogP contribution in [-0.4, -0.2) is 27.0 Å². The van der Waals surface area contributed by atoms with Gasteiger partial charge in [0.25, 0.3) is 0 Å². The summed E-state index contributed by atoms with van der Waals surface area (Å²) < 4.78 is 0. The van der Waals surface area contributed by atoms with Crippen molar-refractivity contribution in [2.24, 2.45) is 0 Å². The number of hydrogen-bond donors (Lipinski definition) is 2. The topological polar surface area (TPSA) is 96.9 Å². The molecule has 0 fully saturated rings. The highest BCUT2D eigenvalue weighted by Crippen LogP contribution is 2.15. The van der Waals surface area contributed by atoms with E-state index in [2.05, 4.69) is 25.8 Å². The molecule has 2 aromatic heterocycles. The van der Waals surface area contributed by atoms with Gasteiger partial charge in [0.2, 0.25) is 16.9 Å². The summed E-state index contributed by atoms with van der Waals surface area (Å²) >= 11 is 1.34. The number of hydrogen-bond acceptors (Lipinski definition) is 6. The lowest BCUT2D eigenvalue weighted by Gasteiger charge is -2.04. The van der Waals surface area contributed by atoms with Crippen molar-refractivity contribution in [1.82, 2.24) is 20.5 Å². The Morgan fingerprint density at radius 3 is 2.73 bits per heavy atom. The standard InChI is InChI=1S/C14H17N5O2S/c1-2-13-18-19-14(22-13)17-12(21)6-5-11(20)16-9-10-4-3-7-15-8-10/h3-4,7-8H,2,5-6,9H2,1H3,(H,16,20)(H,17,19,21). The zero-order valence-corrected chi connectivity index (χ0v) is 13.0. The van der Waals surface area contributed by atoms with Gasteiger partial charge in [-0.1, -0.05) is 24.3 Å². The molecule has 22 heavy (non-hydrogen) atoms. The molecule has 0 saturated heterocycles. The quantitative estimate of drug-likeness (QED) is 0.806. The lowest BCUT2D eigenvalue weighted by Crippen LogP contribution is -2.24. The maximum atomic E-state index is 11.7. The van der Waals surface area contributed by atoms with Gasteiger partial charge >= 0.3 is 0 Å². The summed E-state index contributed by atoms with van der Waals surface area (Å²) in [6, 6.07) is 3.68. The molecule has 2 aromatic rings. The highest BCUT2D eigenvalue weighted by molar-refractivity contribution is 7.15. The second kappa shape index (κ2) is 8.18. The molecule has 8 heteroatoms. The number of nitrogens with one attached hydrogen (secondary N) is 2. The average Bonchev–Trinajstić information content (AvgIpc) is 2.99. The van der Waals surface area contributed by atoms with Crippen molar-refractivity contribution in [2.75, 3.05) is 5.32 Å². The molecule has 2 heterocycles. The Morgan fingerprint density at radius 2 is 2.05 bits per heavy atom. The molecule has 2 amide bonds. The molecule has 0 spiro atoms. The van der Waals surface area contributed by atoms with Gasteiger partial charge in [0.05, 0.1) is 0 Å². The highest BCUT2D eigenvalue weighted by Gasteiger charge is 2.10. The first-order chi connectivity index (χ1) is 10.7. The second-order valence-corrected chi connectivity index (χ2v) is 5.60. The van der Waals surface area contributed by atoms with Crippen LogP contribution in [0.15, 0.2) is 24.5 Å². The largest absolute Gasteiger partial charge is 0.352 e. The monoisotopic (exact) mass is 319 g/mol. The normalized spacial score (nSPS) is 10.2. The van der Waals surface area contributed by atoms with Gasteiger partial charge in [-0.2, -0.15) is 0 Å². The van der Waals surface area contributed by atoms with Crippen molar-refractivity contribution in [3.8, 4) is 0 Å². The molecule has 0 saturated carbocycles. The van der Waals surface area contributed by atoms with E-state index in [1.165, 1.54) is 11.3 Å². The van der Waals surface area contributed by atoms with E-state index in [-0.39, 0.29) is 24.7 Å². The fourth-order valence-corrected chi connectivity index (χ4v) is 2.34. The summed E-state index contributed by atoms with van der Waals surface area (Å²) in [4.78, 5) is 27.4. The lowest BCUT2D eigenvalue weighted by molar-refractivity contribution is -0.124. The Hall–Kier alpha value is -2.35. The van der Waals surface area contributed by atoms with Crippen LogP contribution in [0.4, 0.5) is 5.13 Å². The van der Waals surface area contributed by atoms with Crippen molar-refractivity contribution >= 4 is 28.3 Å². The minimum atomic E-state index is -0.240. The molecule has 0 aliphatic heterocycles. The Balaban J connectivity index is 1.68. The average molecular weight is 319 g/mol. The third kappa shape index (κ3) is 5.21. The highest BCUT2D eigenvalue weighted by atomic mass is 32.1. The number of carbonyl (C=O) groups is 2. The van der Waals surface area contributed by atoms with Gasteiger partial charge in [-0.3, -0.25) is 14.6 Å². The van der Waals surface area contributed by atoms with E-state index in [0.29, 0.717) is 11.7 Å². The molecule has 0 aliphatic carbocycles. The smallest absolute Gasteiger partial charge is 0.226 e. The van der Waals surface area contributed by atoms with Crippen molar-refractivity contribution < 1.29 is 9.59 Å². The number of aromatic nitrogens is 3. The Kier molecular flexibility index (Phi) is 5.96. The van der Waals surface area contributed by atoms with Crippen molar-refractivity contribution in [2.45, 2.75) is 32.7 Å². The Bertz CT molecular complexity index is 629. The third-order valence-corrected chi connectivity index (χ3v) is 3.79. The number of nitrogens with zero attached hydrogens (tertiary/aromatic N) is 3. The van der Waals surface area contributed by atoms with E-state index in [9.17, 15) is 9.59 Å². The predicted octanol–water partition coefficient (Wildman–Crippen LogP) is 1.53. The molecule has 0 aromatic carbocycles. The summed E-state index contributed by atoms with van der Waals surface area (Å²) in [5.74, 6) is -0.416. The molecule has 2 N–H and O–H groups in total. The lowest BCUT2D eigenvalue weighted by atomic mass is 10.2. The van der Waals surface area contributed by atoms with Crippen LogP contribution >= 0.6 is 11.3 Å². The molecular formula is C14H17N5O2S. The van der Waals surface area contributed by atoms with Crippen molar-refractivity contribution in [1.29, 1.82) is 0 Å². The van der Waals surface area contributed by atoms with E-state index in [1.54, 1.807) is 12.4 Å². The molecule has 2 rings (SSSR count). The van der Waals surface area contributed by atoms with E-state index >= 15 is 0 Å². The number of carbonyl (C=O) groups excluding carboxylic acids is 2. The van der Waals surface area contributed by atoms with Crippen LogP contribution in [0.2, 0.25) is 0 Å². The van der Waals surface area contributed by atoms with Gasteiger partial charge in [0.1, 0.15) is 5.01 Å². The number of anilines is 1. The number of aryl methyl sites for hydroxylation is 1. The van der Waals surface area contributed by atoms with Gasteiger partial charge in [-0.15, -0.1) is 10.2 Å². The molecule has 7 nitrogen and oxygen atoms in total. The van der Waals surface area contributed by atoms with Crippen LogP contribution in [0.5, 0.6) is 0 Å². The van der Waals surface area contributed by atoms with Gasteiger partial charge in [0.15, 0.2) is 0 Å². The predicted molar refractivity (Wildman–Crippen MR) is 83.2 cm³/mol. The Morgan fingerprint density at radius 1 is 1.23 bits per heavy atom. The van der Waals surface area contributed by atoms with Crippen LogP contribution in [-0.2, 0) is 22.6 Å². The zero-order chi connectivity index (χ0) is 15.8. The minimum Gasteiger partial charge on any atom is -0.352 e. The number of rotatable bonds is 7. The van der Waals surface area contributed by atoms with Gasteiger partial charge < -0.3 is 10.6 Å². The second-order valence-electron chi connectivity index (χ2n) is 4.54. The maximum Gasteiger partial charge on any atom is 0.226 e. The van der Waals surface area contributed by atoms with E-state index in [1.807, 2.05) is 19.1 Å². The first-order valence-electron chi connectivity index (χ1n) is 6.95. The maximum absolute atomic E-state index is 11.7. The molecule has 0 bridgehead atoms. The van der Waals surface area contributed by atoms with Gasteiger partial charge in [0, 0.05) is 31.8 Å². The molecule has 0 aliphatic rings. The summed E-state index contributed by atoms with van der Waals surface area (Å²) in [7, 11) is 0. The van der Waals surface area contributed by atoms with Gasteiger partial charge in [-0.25, -0.2) is 0 Å². The number of pyridine rings is 1. The van der Waals surface area contributed by atoms with E-state index in [0.717, 1.165) is 17.0 Å². The Labute approximate surface area is 132 Å². The number of amides is 2. The summed E-state index contributed by atoms with van der Waals surface area (Å²) in [5, 5.41) is 14.5. The van der Waals surface area contributed by atoms with Crippen LogP contribution in [0.25, 0.3) is 0 Å². The first kappa shape index (κ1) is 16.0. The summed E-state index contributed by atoms with van der Waals surface area (Å²) in [6.07, 6.45) is 4.39. The SMILES string of the molecule is CCc1nnc(NC(=O)CCC(=O)NCc2cccnc2)s1. The van der Waals surface area contributed by atoms with Crippen LogP contribution in [0, 0.1) is 0 Å². The summed E-state index contributed by atoms with van der Waals surface area (Å²) in [6.45, 7) is 2.38. The molecule has 0 atom stereocenters. The van der Waals surface area contributed by atoms with Crippen LogP contribution in [0.3, 0.4) is 0 Å². The van der Waals surface area contributed by atoms with Gasteiger partial charge in [-0.05, 0) is 18.1 Å². The molecule has 0 unspecified atom stereocenters. The van der Waals surface area contributed by atoms with Crippen molar-refractivity contribution in [3.05, 3.63) is 35.1 Å². The first-order valence-corrected chi connectivity index (χ1v) is 7.77. The summed E-state index contributed by atoms with van der Waals surface area (Å²) in [5.41, 5.74) is 0.918. The third-order valence-electron chi connectivity index (χ3n) is 2.81. The van der Waals surface area contributed by atoms with Crippen LogP contribution in [0.1, 0.15) is 30.3 Å². The van der Waals surface area contributed by atoms with E-state index < -0.39 is 0 Å². The minimum absolute atomic E-state index is 0.111.